The smallest absolute Gasteiger partial charge is 0.271 e. The summed E-state index contributed by atoms with van der Waals surface area (Å²) in [5.41, 5.74) is 8.54. The summed E-state index contributed by atoms with van der Waals surface area (Å²) in [5.74, 6) is 0.543. The molecule has 2 amide bonds. The number of nitrogens with zero attached hydrogens (tertiary/aromatic N) is 1. The van der Waals surface area contributed by atoms with Gasteiger partial charge in [0.2, 0.25) is 0 Å². The first-order valence-electron chi connectivity index (χ1n) is 8.19. The van der Waals surface area contributed by atoms with E-state index in [-0.39, 0.29) is 6.61 Å². The second-order valence-corrected chi connectivity index (χ2v) is 5.33. The van der Waals surface area contributed by atoms with Crippen molar-refractivity contribution in [3.63, 3.8) is 0 Å². The monoisotopic (exact) mass is 371 g/mol. The Kier molecular flexibility index (Phi) is 7.18. The van der Waals surface area contributed by atoms with Gasteiger partial charge in [0.15, 0.2) is 18.1 Å². The molecule has 0 saturated heterocycles. The number of methoxy groups -OCH3 is 1. The fraction of sp³-hybridized carbons (Fsp3) is 0.211. The molecule has 0 radical (unpaired) electrons. The van der Waals surface area contributed by atoms with Gasteiger partial charge in [-0.2, -0.15) is 5.10 Å². The summed E-state index contributed by atoms with van der Waals surface area (Å²) in [6, 6.07) is 11.7. The third-order valence-electron chi connectivity index (χ3n) is 3.34. The summed E-state index contributed by atoms with van der Waals surface area (Å²) in [6.45, 7) is 2.15. The normalized spacial score (nSPS) is 10.4. The predicted molar refractivity (Wildman–Crippen MR) is 100 cm³/mol. The molecular weight excluding hydrogens is 350 g/mol. The number of nitrogens with one attached hydrogen (secondary N) is 1. The highest BCUT2D eigenvalue weighted by atomic mass is 16.5. The highest BCUT2D eigenvalue weighted by Gasteiger charge is 2.10. The Labute approximate surface area is 156 Å². The van der Waals surface area contributed by atoms with Gasteiger partial charge in [0.05, 0.1) is 19.9 Å². The number of ether oxygens (including phenoxy) is 3. The summed E-state index contributed by atoms with van der Waals surface area (Å²) in [6.07, 6.45) is 1.46. The van der Waals surface area contributed by atoms with E-state index in [1.807, 2.05) is 6.92 Å². The maximum Gasteiger partial charge on any atom is 0.271 e. The predicted octanol–water partition coefficient (Wildman–Crippen LogP) is 1.72. The molecule has 8 nitrogen and oxygen atoms in total. The van der Waals surface area contributed by atoms with Gasteiger partial charge in [0.1, 0.15) is 5.75 Å². The Hall–Kier alpha value is -3.55. The molecule has 0 aliphatic carbocycles. The third kappa shape index (κ3) is 6.03. The topological polar surface area (TPSA) is 112 Å². The molecular formula is C19H21N3O5. The summed E-state index contributed by atoms with van der Waals surface area (Å²) >= 11 is 0. The standard InChI is InChI=1S/C19H21N3O5/c1-3-26-16-8-7-14(10-17(16)25-2)19(24)22-21-11-13-5-4-6-15(9-13)27-12-18(20)23/h4-11H,3,12H2,1-2H3,(H2,20,23)(H,22,24)/b21-11+. The SMILES string of the molecule is CCOc1ccc(C(=O)N/N=C/c2cccc(OCC(N)=O)c2)cc1OC. The lowest BCUT2D eigenvalue weighted by atomic mass is 10.2. The van der Waals surface area contributed by atoms with Gasteiger partial charge in [0, 0.05) is 5.56 Å². The van der Waals surface area contributed by atoms with Crippen LogP contribution in [0.1, 0.15) is 22.8 Å². The van der Waals surface area contributed by atoms with E-state index in [9.17, 15) is 9.59 Å². The van der Waals surface area contributed by atoms with Crippen molar-refractivity contribution in [1.29, 1.82) is 0 Å². The van der Waals surface area contributed by atoms with Gasteiger partial charge in [-0.1, -0.05) is 12.1 Å². The average Bonchev–Trinajstić information content (AvgIpc) is 2.67. The lowest BCUT2D eigenvalue weighted by Crippen LogP contribution is -2.20. The zero-order valence-electron chi connectivity index (χ0n) is 15.1. The summed E-state index contributed by atoms with van der Waals surface area (Å²) < 4.78 is 15.9. The minimum absolute atomic E-state index is 0.211. The van der Waals surface area contributed by atoms with E-state index >= 15 is 0 Å². The van der Waals surface area contributed by atoms with Crippen LogP contribution in [0, 0.1) is 0 Å². The van der Waals surface area contributed by atoms with Gasteiger partial charge in [0.25, 0.3) is 11.8 Å². The Balaban J connectivity index is 2.00. The molecule has 0 saturated carbocycles. The fourth-order valence-electron chi connectivity index (χ4n) is 2.15. The number of rotatable bonds is 9. The summed E-state index contributed by atoms with van der Waals surface area (Å²) in [4.78, 5) is 23.0. The molecule has 0 heterocycles. The Bertz CT molecular complexity index is 836. The molecule has 27 heavy (non-hydrogen) atoms. The molecule has 0 aliphatic rings. The molecule has 0 bridgehead atoms. The van der Waals surface area contributed by atoms with Crippen molar-refractivity contribution in [3.05, 3.63) is 53.6 Å². The van der Waals surface area contributed by atoms with Crippen LogP contribution in [0.5, 0.6) is 17.2 Å². The second-order valence-electron chi connectivity index (χ2n) is 5.33. The fourth-order valence-corrected chi connectivity index (χ4v) is 2.15. The Morgan fingerprint density at radius 1 is 1.15 bits per heavy atom. The number of hydrogen-bond donors (Lipinski definition) is 2. The molecule has 0 aliphatic heterocycles. The molecule has 0 unspecified atom stereocenters. The van der Waals surface area contributed by atoms with E-state index in [0.717, 1.165) is 0 Å². The van der Waals surface area contributed by atoms with E-state index in [4.69, 9.17) is 19.9 Å². The van der Waals surface area contributed by atoms with Gasteiger partial charge in [-0.25, -0.2) is 5.43 Å². The average molecular weight is 371 g/mol. The van der Waals surface area contributed by atoms with Crippen LogP contribution < -0.4 is 25.4 Å². The number of nitrogens with two attached hydrogens (primary N) is 1. The molecule has 142 valence electrons. The highest BCUT2D eigenvalue weighted by Crippen LogP contribution is 2.27. The van der Waals surface area contributed by atoms with Crippen LogP contribution in [-0.2, 0) is 4.79 Å². The molecule has 2 rings (SSSR count). The van der Waals surface area contributed by atoms with Crippen LogP contribution in [-0.4, -0.2) is 38.4 Å². The molecule has 0 aromatic heterocycles. The number of carbonyl (C=O) groups is 2. The molecule has 0 fully saturated rings. The maximum atomic E-state index is 12.2. The van der Waals surface area contributed by atoms with Crippen molar-refractivity contribution in [2.24, 2.45) is 10.8 Å². The van der Waals surface area contributed by atoms with E-state index in [2.05, 4.69) is 10.5 Å². The van der Waals surface area contributed by atoms with Gasteiger partial charge in [-0.05, 0) is 42.8 Å². The van der Waals surface area contributed by atoms with Crippen molar-refractivity contribution in [2.75, 3.05) is 20.3 Å². The Morgan fingerprint density at radius 2 is 1.96 bits per heavy atom. The first kappa shape index (κ1) is 19.8. The first-order chi connectivity index (χ1) is 13.0. The van der Waals surface area contributed by atoms with E-state index in [0.29, 0.717) is 35.0 Å². The van der Waals surface area contributed by atoms with Crippen molar-refractivity contribution >= 4 is 18.0 Å². The first-order valence-corrected chi connectivity index (χ1v) is 8.19. The van der Waals surface area contributed by atoms with E-state index in [1.165, 1.54) is 13.3 Å². The number of carbonyl (C=O) groups excluding carboxylic acids is 2. The molecule has 0 atom stereocenters. The quantitative estimate of drug-likeness (QED) is 0.515. The minimum Gasteiger partial charge on any atom is -0.493 e. The molecule has 8 heteroatoms. The van der Waals surface area contributed by atoms with E-state index in [1.54, 1.807) is 42.5 Å². The van der Waals surface area contributed by atoms with Crippen LogP contribution in [0.25, 0.3) is 0 Å². The van der Waals surface area contributed by atoms with Crippen LogP contribution in [0.2, 0.25) is 0 Å². The second kappa shape index (κ2) is 9.81. The van der Waals surface area contributed by atoms with Crippen LogP contribution in [0.15, 0.2) is 47.6 Å². The lowest BCUT2D eigenvalue weighted by molar-refractivity contribution is -0.119. The van der Waals surface area contributed by atoms with Crippen LogP contribution in [0.4, 0.5) is 0 Å². The van der Waals surface area contributed by atoms with Crippen molar-refractivity contribution in [1.82, 2.24) is 5.43 Å². The number of hydrazone groups is 1. The zero-order chi connectivity index (χ0) is 19.6. The maximum absolute atomic E-state index is 12.2. The van der Waals surface area contributed by atoms with Gasteiger partial charge in [-0.3, -0.25) is 9.59 Å². The summed E-state index contributed by atoms with van der Waals surface area (Å²) in [7, 11) is 1.50. The van der Waals surface area contributed by atoms with Gasteiger partial charge in [-0.15, -0.1) is 0 Å². The van der Waals surface area contributed by atoms with Gasteiger partial charge < -0.3 is 19.9 Å². The third-order valence-corrected chi connectivity index (χ3v) is 3.34. The molecule has 2 aromatic rings. The van der Waals surface area contributed by atoms with Crippen molar-refractivity contribution in [2.45, 2.75) is 6.92 Å². The lowest BCUT2D eigenvalue weighted by Gasteiger charge is -2.10. The van der Waals surface area contributed by atoms with Crippen molar-refractivity contribution < 1.29 is 23.8 Å². The minimum atomic E-state index is -0.563. The number of benzene rings is 2. The number of primary amides is 1. The Morgan fingerprint density at radius 3 is 2.67 bits per heavy atom. The zero-order valence-corrected chi connectivity index (χ0v) is 15.1. The molecule has 3 N–H and O–H groups in total. The van der Waals surface area contributed by atoms with Crippen LogP contribution in [0.3, 0.4) is 0 Å². The van der Waals surface area contributed by atoms with Gasteiger partial charge >= 0.3 is 0 Å². The number of amides is 2. The summed E-state index contributed by atoms with van der Waals surface area (Å²) in [5, 5.41) is 3.92. The van der Waals surface area contributed by atoms with Crippen molar-refractivity contribution in [3.8, 4) is 17.2 Å². The van der Waals surface area contributed by atoms with E-state index < -0.39 is 11.8 Å². The molecule has 0 spiro atoms. The largest absolute Gasteiger partial charge is 0.493 e. The molecule has 2 aromatic carbocycles. The highest BCUT2D eigenvalue weighted by molar-refractivity contribution is 5.95. The number of hydrogen-bond acceptors (Lipinski definition) is 6. The van der Waals surface area contributed by atoms with Crippen LogP contribution >= 0.6 is 0 Å².